The third-order valence-corrected chi connectivity index (χ3v) is 5.63. The molecule has 1 amide bonds. The van der Waals surface area contributed by atoms with Crippen LogP contribution in [0.5, 0.6) is 0 Å². The predicted octanol–water partition coefficient (Wildman–Crippen LogP) is 3.15. The first-order chi connectivity index (χ1) is 12.6. The van der Waals surface area contributed by atoms with Crippen LogP contribution in [0.4, 0.5) is 0 Å². The molecule has 0 radical (unpaired) electrons. The highest BCUT2D eigenvalue weighted by Gasteiger charge is 2.16. The average molecular weight is 386 g/mol. The summed E-state index contributed by atoms with van der Waals surface area (Å²) in [4.78, 5) is 24.1. The van der Waals surface area contributed by atoms with Crippen LogP contribution in [0.15, 0.2) is 46.0 Å². The number of thioether (sulfide) groups is 1. The van der Waals surface area contributed by atoms with Crippen LogP contribution < -0.4 is 5.32 Å². The first kappa shape index (κ1) is 16.8. The molecule has 4 rings (SSSR count). The highest BCUT2D eigenvalue weighted by atomic mass is 32.2. The Hall–Kier alpha value is -2.65. The van der Waals surface area contributed by atoms with Crippen molar-refractivity contribution in [3.05, 3.63) is 47.9 Å². The minimum atomic E-state index is -0.149. The van der Waals surface area contributed by atoms with Crippen LogP contribution in [-0.4, -0.2) is 32.0 Å². The van der Waals surface area contributed by atoms with E-state index in [-0.39, 0.29) is 29.7 Å². The smallest absolute Gasteiger partial charge is 0.217 e. The van der Waals surface area contributed by atoms with Gasteiger partial charge in [0.2, 0.25) is 16.7 Å². The van der Waals surface area contributed by atoms with Crippen molar-refractivity contribution >= 4 is 50.0 Å². The summed E-state index contributed by atoms with van der Waals surface area (Å²) in [6.45, 7) is 1.69. The van der Waals surface area contributed by atoms with Gasteiger partial charge in [0.1, 0.15) is 5.76 Å². The Morgan fingerprint density at radius 2 is 2.08 bits per heavy atom. The number of nitrogens with one attached hydrogen (secondary N) is 1. The molecule has 0 saturated heterocycles. The first-order valence-corrected chi connectivity index (χ1v) is 9.64. The number of hydrogen-bond acceptors (Lipinski definition) is 7. The van der Waals surface area contributed by atoms with Crippen LogP contribution in [0.25, 0.3) is 15.2 Å². The molecular formula is C17H14N4O3S2. The van der Waals surface area contributed by atoms with Gasteiger partial charge in [-0.25, -0.2) is 0 Å². The highest BCUT2D eigenvalue weighted by Crippen LogP contribution is 2.29. The van der Waals surface area contributed by atoms with Gasteiger partial charge in [0.15, 0.2) is 10.9 Å². The Labute approximate surface area is 156 Å². The molecule has 3 aromatic heterocycles. The highest BCUT2D eigenvalue weighted by molar-refractivity contribution is 7.99. The normalized spacial score (nSPS) is 11.3. The van der Waals surface area contributed by atoms with Gasteiger partial charge in [-0.1, -0.05) is 35.2 Å². The van der Waals surface area contributed by atoms with Crippen molar-refractivity contribution < 1.29 is 14.0 Å². The predicted molar refractivity (Wildman–Crippen MR) is 99.7 cm³/mol. The fourth-order valence-electron chi connectivity index (χ4n) is 2.48. The molecule has 7 nitrogen and oxygen atoms in total. The van der Waals surface area contributed by atoms with Crippen molar-refractivity contribution in [2.24, 2.45) is 0 Å². The summed E-state index contributed by atoms with van der Waals surface area (Å²) in [6.07, 6.45) is 0. The molecule has 3 heterocycles. The molecule has 0 aliphatic heterocycles. The molecule has 4 aromatic rings. The van der Waals surface area contributed by atoms with Crippen molar-refractivity contribution in [2.45, 2.75) is 18.6 Å². The zero-order chi connectivity index (χ0) is 18.1. The van der Waals surface area contributed by atoms with Crippen molar-refractivity contribution in [1.29, 1.82) is 0 Å². The molecule has 1 aromatic carbocycles. The second-order valence-corrected chi connectivity index (χ2v) is 7.51. The molecule has 0 saturated carbocycles. The number of nitrogens with zero attached hydrogens (tertiary/aromatic N) is 3. The summed E-state index contributed by atoms with van der Waals surface area (Å²) >= 11 is 2.89. The molecular weight excluding hydrogens is 372 g/mol. The van der Waals surface area contributed by atoms with E-state index in [0.717, 1.165) is 15.2 Å². The van der Waals surface area contributed by atoms with Gasteiger partial charge in [0, 0.05) is 6.92 Å². The molecule has 0 fully saturated rings. The summed E-state index contributed by atoms with van der Waals surface area (Å²) in [5.74, 6) is 0.720. The monoisotopic (exact) mass is 386 g/mol. The van der Waals surface area contributed by atoms with E-state index in [0.29, 0.717) is 10.9 Å². The van der Waals surface area contributed by atoms with Crippen molar-refractivity contribution in [1.82, 2.24) is 19.9 Å². The fraction of sp³-hybridized carbons (Fsp3) is 0.176. The molecule has 1 N–H and O–H groups in total. The minimum absolute atomic E-state index is 0.139. The van der Waals surface area contributed by atoms with Crippen LogP contribution in [0.1, 0.15) is 23.2 Å². The van der Waals surface area contributed by atoms with E-state index < -0.39 is 0 Å². The molecule has 0 atom stereocenters. The SMILES string of the molecule is CC(=O)NCc1ccc(C(=O)CSc2nnc3sc4ccccc4n23)o1. The Balaban J connectivity index is 1.48. The van der Waals surface area contributed by atoms with Gasteiger partial charge in [-0.15, -0.1) is 10.2 Å². The lowest BCUT2D eigenvalue weighted by molar-refractivity contribution is -0.119. The maximum absolute atomic E-state index is 12.4. The molecule has 9 heteroatoms. The van der Waals surface area contributed by atoms with Crippen LogP contribution in [0, 0.1) is 0 Å². The maximum Gasteiger partial charge on any atom is 0.217 e. The van der Waals surface area contributed by atoms with E-state index in [4.69, 9.17) is 4.42 Å². The van der Waals surface area contributed by atoms with E-state index >= 15 is 0 Å². The van der Waals surface area contributed by atoms with Gasteiger partial charge >= 0.3 is 0 Å². The largest absolute Gasteiger partial charge is 0.456 e. The lowest BCUT2D eigenvalue weighted by Crippen LogP contribution is -2.18. The van der Waals surface area contributed by atoms with E-state index in [1.807, 2.05) is 28.7 Å². The lowest BCUT2D eigenvalue weighted by Gasteiger charge is -1.99. The molecule has 0 aliphatic rings. The maximum atomic E-state index is 12.4. The van der Waals surface area contributed by atoms with E-state index in [9.17, 15) is 9.59 Å². The number of carbonyl (C=O) groups excluding carboxylic acids is 2. The Bertz CT molecular complexity index is 1110. The van der Waals surface area contributed by atoms with E-state index in [1.54, 1.807) is 23.5 Å². The second-order valence-electron chi connectivity index (χ2n) is 5.56. The van der Waals surface area contributed by atoms with Gasteiger partial charge < -0.3 is 9.73 Å². The summed E-state index contributed by atoms with van der Waals surface area (Å²) in [7, 11) is 0. The molecule has 0 unspecified atom stereocenters. The van der Waals surface area contributed by atoms with Crippen molar-refractivity contribution in [3.63, 3.8) is 0 Å². The van der Waals surface area contributed by atoms with Crippen LogP contribution >= 0.6 is 23.1 Å². The number of Topliss-reactive ketones (excluding diaryl/α,β-unsaturated/α-hetero) is 1. The molecule has 0 spiro atoms. The lowest BCUT2D eigenvalue weighted by atomic mass is 10.3. The molecule has 26 heavy (non-hydrogen) atoms. The Morgan fingerprint density at radius 1 is 1.23 bits per heavy atom. The average Bonchev–Trinajstić information content (AvgIpc) is 3.33. The van der Waals surface area contributed by atoms with Crippen molar-refractivity contribution in [3.8, 4) is 0 Å². The quantitative estimate of drug-likeness (QED) is 0.404. The number of benzene rings is 1. The number of carbonyl (C=O) groups is 2. The minimum Gasteiger partial charge on any atom is -0.456 e. The first-order valence-electron chi connectivity index (χ1n) is 7.83. The standard InChI is InChI=1S/C17H14N4O3S2/c1-10(22)18-8-11-6-7-14(24-11)13(23)9-25-16-19-20-17-21(16)12-4-2-3-5-15(12)26-17/h2-7H,8-9H2,1H3,(H,18,22). The topological polar surface area (TPSA) is 89.5 Å². The zero-order valence-electron chi connectivity index (χ0n) is 13.8. The summed E-state index contributed by atoms with van der Waals surface area (Å²) in [6, 6.07) is 11.3. The van der Waals surface area contributed by atoms with Gasteiger partial charge in [-0.05, 0) is 24.3 Å². The summed E-state index contributed by atoms with van der Waals surface area (Å²) in [5.41, 5.74) is 1.03. The third kappa shape index (κ3) is 3.23. The van der Waals surface area contributed by atoms with Crippen molar-refractivity contribution in [2.75, 3.05) is 5.75 Å². The number of amides is 1. The number of hydrogen-bond donors (Lipinski definition) is 1. The molecule has 0 aliphatic carbocycles. The zero-order valence-corrected chi connectivity index (χ0v) is 15.4. The Kier molecular flexibility index (Phi) is 4.48. The van der Waals surface area contributed by atoms with E-state index in [1.165, 1.54) is 18.7 Å². The fourth-order valence-corrected chi connectivity index (χ4v) is 4.32. The number of aromatic nitrogens is 3. The van der Waals surface area contributed by atoms with Gasteiger partial charge in [-0.2, -0.15) is 0 Å². The Morgan fingerprint density at radius 3 is 2.92 bits per heavy atom. The third-order valence-electron chi connectivity index (χ3n) is 3.69. The molecule has 0 bridgehead atoms. The summed E-state index contributed by atoms with van der Waals surface area (Å²) in [5, 5.41) is 11.7. The summed E-state index contributed by atoms with van der Waals surface area (Å²) < 4.78 is 8.57. The van der Waals surface area contributed by atoms with Gasteiger partial charge in [0.05, 0.1) is 22.5 Å². The van der Waals surface area contributed by atoms with Crippen LogP contribution in [-0.2, 0) is 11.3 Å². The number of thiazole rings is 1. The van der Waals surface area contributed by atoms with Crippen LogP contribution in [0.3, 0.4) is 0 Å². The number of para-hydroxylation sites is 1. The number of ketones is 1. The molecule has 132 valence electrons. The number of fused-ring (bicyclic) bond motifs is 3. The number of furan rings is 1. The van der Waals surface area contributed by atoms with Gasteiger partial charge in [-0.3, -0.25) is 14.0 Å². The van der Waals surface area contributed by atoms with Gasteiger partial charge in [0.25, 0.3) is 0 Å². The van der Waals surface area contributed by atoms with Crippen LogP contribution in [0.2, 0.25) is 0 Å². The van der Waals surface area contributed by atoms with E-state index in [2.05, 4.69) is 15.5 Å². The number of rotatable bonds is 6. The second kappa shape index (κ2) is 6.93.